The Morgan fingerprint density at radius 1 is 1.29 bits per heavy atom. The van der Waals surface area contributed by atoms with E-state index in [1.807, 2.05) is 43.5 Å². The van der Waals surface area contributed by atoms with Gasteiger partial charge in [-0.25, -0.2) is 4.98 Å². The molecule has 2 aromatic heterocycles. The number of rotatable bonds is 5. The second-order valence-electron chi connectivity index (χ2n) is 5.59. The Kier molecular flexibility index (Phi) is 4.71. The molecule has 0 aliphatic carbocycles. The van der Waals surface area contributed by atoms with Crippen molar-refractivity contribution in [2.45, 2.75) is 20.4 Å². The van der Waals surface area contributed by atoms with Gasteiger partial charge in [0.25, 0.3) is 0 Å². The molecule has 0 spiro atoms. The van der Waals surface area contributed by atoms with Gasteiger partial charge in [-0.15, -0.1) is 0 Å². The van der Waals surface area contributed by atoms with E-state index in [9.17, 15) is 4.79 Å². The van der Waals surface area contributed by atoms with Gasteiger partial charge >= 0.3 is 0 Å². The smallest absolute Gasteiger partial charge is 0.217 e. The zero-order chi connectivity index (χ0) is 17.1. The molecule has 24 heavy (non-hydrogen) atoms. The average molecular weight is 343 g/mol. The van der Waals surface area contributed by atoms with E-state index < -0.39 is 0 Å². The molecule has 2 heterocycles. The Morgan fingerprint density at radius 2 is 2.12 bits per heavy atom. The molecule has 0 saturated heterocycles. The highest BCUT2D eigenvalue weighted by molar-refractivity contribution is 6.34. The summed E-state index contributed by atoms with van der Waals surface area (Å²) >= 11 is 6.45. The van der Waals surface area contributed by atoms with Crippen LogP contribution >= 0.6 is 11.6 Å². The Morgan fingerprint density at radius 3 is 2.79 bits per heavy atom. The lowest BCUT2D eigenvalue weighted by molar-refractivity contribution is -0.119. The average Bonchev–Trinajstić information content (AvgIpc) is 2.95. The fourth-order valence-electron chi connectivity index (χ4n) is 2.59. The molecule has 1 aromatic carbocycles. The minimum absolute atomic E-state index is 0.0563. The van der Waals surface area contributed by atoms with Crippen molar-refractivity contribution in [3.8, 4) is 11.1 Å². The molecule has 124 valence electrons. The third-order valence-corrected chi connectivity index (χ3v) is 4.04. The Hall–Kier alpha value is -2.53. The highest BCUT2D eigenvalue weighted by Gasteiger charge is 2.09. The number of aromatic amines is 1. The topological polar surface area (TPSA) is 69.8 Å². The van der Waals surface area contributed by atoms with E-state index in [2.05, 4.69) is 20.6 Å². The fraction of sp³-hybridized carbons (Fsp3) is 0.222. The molecule has 3 aromatic rings. The largest absolute Gasteiger partial charge is 0.370 e. The molecule has 0 bridgehead atoms. The zero-order valence-electron chi connectivity index (χ0n) is 13.6. The number of hydrogen-bond donors (Lipinski definition) is 3. The highest BCUT2D eigenvalue weighted by Crippen LogP contribution is 2.32. The predicted molar refractivity (Wildman–Crippen MR) is 98.2 cm³/mol. The van der Waals surface area contributed by atoms with E-state index in [0.717, 1.165) is 40.1 Å². The summed E-state index contributed by atoms with van der Waals surface area (Å²) in [7, 11) is 0. The van der Waals surface area contributed by atoms with Crippen LogP contribution in [-0.4, -0.2) is 22.4 Å². The van der Waals surface area contributed by atoms with E-state index >= 15 is 0 Å². The standard InChI is InChI=1S/C18H19ClN4O/c1-3-20-18-5-4-12(9-22-18)15-8-17-13(7-16(15)19)6-14(23-17)10-21-11(2)24/h4-9,23H,3,10H2,1-2H3,(H,20,22)(H,21,24). The number of amides is 1. The first-order chi connectivity index (χ1) is 11.6. The SMILES string of the molecule is CCNc1ccc(-c2cc3[nH]c(CNC(C)=O)cc3cc2Cl)cn1. The van der Waals surface area contributed by atoms with Gasteiger partial charge in [0.1, 0.15) is 5.82 Å². The van der Waals surface area contributed by atoms with Crippen molar-refractivity contribution in [1.82, 2.24) is 15.3 Å². The van der Waals surface area contributed by atoms with Gasteiger partial charge < -0.3 is 15.6 Å². The lowest BCUT2D eigenvalue weighted by Crippen LogP contribution is -2.18. The minimum atomic E-state index is -0.0563. The summed E-state index contributed by atoms with van der Waals surface area (Å²) in [6.07, 6.45) is 1.81. The summed E-state index contributed by atoms with van der Waals surface area (Å²) in [5, 5.41) is 7.64. The maximum atomic E-state index is 11.0. The van der Waals surface area contributed by atoms with Gasteiger partial charge in [0, 0.05) is 52.4 Å². The normalized spacial score (nSPS) is 10.8. The number of halogens is 1. The van der Waals surface area contributed by atoms with Crippen molar-refractivity contribution in [3.05, 3.63) is 47.2 Å². The number of carbonyl (C=O) groups is 1. The molecule has 3 N–H and O–H groups in total. The lowest BCUT2D eigenvalue weighted by atomic mass is 10.1. The third kappa shape index (κ3) is 3.51. The lowest BCUT2D eigenvalue weighted by Gasteiger charge is -2.07. The van der Waals surface area contributed by atoms with Gasteiger partial charge in [0.05, 0.1) is 6.54 Å². The molecule has 0 aliphatic heterocycles. The van der Waals surface area contributed by atoms with Crippen LogP contribution in [0.2, 0.25) is 5.02 Å². The van der Waals surface area contributed by atoms with Crippen LogP contribution in [0.1, 0.15) is 19.5 Å². The fourth-order valence-corrected chi connectivity index (χ4v) is 2.87. The van der Waals surface area contributed by atoms with Gasteiger partial charge in [0.2, 0.25) is 5.91 Å². The number of pyridine rings is 1. The molecule has 3 rings (SSSR count). The molecule has 5 nitrogen and oxygen atoms in total. The molecule has 0 atom stereocenters. The summed E-state index contributed by atoms with van der Waals surface area (Å²) in [5.41, 5.74) is 3.80. The summed E-state index contributed by atoms with van der Waals surface area (Å²) in [6, 6.07) is 9.87. The van der Waals surface area contributed by atoms with Crippen molar-refractivity contribution in [1.29, 1.82) is 0 Å². The maximum absolute atomic E-state index is 11.0. The molecule has 0 aliphatic rings. The van der Waals surface area contributed by atoms with Crippen molar-refractivity contribution < 1.29 is 4.79 Å². The second-order valence-corrected chi connectivity index (χ2v) is 5.99. The molecular formula is C18H19ClN4O. The summed E-state index contributed by atoms with van der Waals surface area (Å²) < 4.78 is 0. The van der Waals surface area contributed by atoms with E-state index in [0.29, 0.717) is 11.6 Å². The maximum Gasteiger partial charge on any atom is 0.217 e. The molecule has 0 unspecified atom stereocenters. The molecule has 1 amide bonds. The molecular weight excluding hydrogens is 324 g/mol. The molecule has 0 saturated carbocycles. The predicted octanol–water partition coefficient (Wildman–Crippen LogP) is 3.95. The van der Waals surface area contributed by atoms with Crippen LogP contribution in [0.15, 0.2) is 36.5 Å². The van der Waals surface area contributed by atoms with Gasteiger partial charge in [-0.05, 0) is 37.3 Å². The molecule has 0 fully saturated rings. The van der Waals surface area contributed by atoms with Crippen molar-refractivity contribution in [3.63, 3.8) is 0 Å². The van der Waals surface area contributed by atoms with Crippen LogP contribution in [0.25, 0.3) is 22.0 Å². The van der Waals surface area contributed by atoms with E-state index in [-0.39, 0.29) is 5.91 Å². The Bertz CT molecular complexity index is 871. The monoisotopic (exact) mass is 342 g/mol. The Balaban J connectivity index is 1.93. The first kappa shape index (κ1) is 16.3. The van der Waals surface area contributed by atoms with Crippen LogP contribution in [0.3, 0.4) is 0 Å². The molecule has 0 radical (unpaired) electrons. The van der Waals surface area contributed by atoms with Gasteiger partial charge in [-0.3, -0.25) is 4.79 Å². The van der Waals surface area contributed by atoms with Crippen molar-refractivity contribution in [2.24, 2.45) is 0 Å². The van der Waals surface area contributed by atoms with Crippen LogP contribution < -0.4 is 10.6 Å². The first-order valence-electron chi connectivity index (χ1n) is 7.82. The van der Waals surface area contributed by atoms with Crippen molar-refractivity contribution >= 4 is 34.2 Å². The van der Waals surface area contributed by atoms with Crippen LogP contribution in [0, 0.1) is 0 Å². The second kappa shape index (κ2) is 6.93. The number of benzene rings is 1. The minimum Gasteiger partial charge on any atom is -0.370 e. The third-order valence-electron chi connectivity index (χ3n) is 3.72. The van der Waals surface area contributed by atoms with E-state index in [1.54, 1.807) is 0 Å². The number of hydrogen-bond acceptors (Lipinski definition) is 3. The molecule has 6 heteroatoms. The Labute approximate surface area is 145 Å². The number of H-pyrrole nitrogens is 1. The zero-order valence-corrected chi connectivity index (χ0v) is 14.4. The van der Waals surface area contributed by atoms with E-state index in [4.69, 9.17) is 11.6 Å². The van der Waals surface area contributed by atoms with Gasteiger partial charge in [-0.2, -0.15) is 0 Å². The number of carbonyl (C=O) groups excluding carboxylic acids is 1. The summed E-state index contributed by atoms with van der Waals surface area (Å²) in [6.45, 7) is 4.83. The van der Waals surface area contributed by atoms with Crippen molar-refractivity contribution in [2.75, 3.05) is 11.9 Å². The number of aromatic nitrogens is 2. The van der Waals surface area contributed by atoms with Crippen LogP contribution in [0.5, 0.6) is 0 Å². The summed E-state index contributed by atoms with van der Waals surface area (Å²) in [4.78, 5) is 18.7. The number of nitrogens with one attached hydrogen (secondary N) is 3. The van der Waals surface area contributed by atoms with E-state index in [1.165, 1.54) is 6.92 Å². The van der Waals surface area contributed by atoms with Gasteiger partial charge in [0.15, 0.2) is 0 Å². The van der Waals surface area contributed by atoms with Crippen LogP contribution in [-0.2, 0) is 11.3 Å². The highest BCUT2D eigenvalue weighted by atomic mass is 35.5. The number of nitrogens with zero attached hydrogens (tertiary/aromatic N) is 1. The number of fused-ring (bicyclic) bond motifs is 1. The van der Waals surface area contributed by atoms with Gasteiger partial charge in [-0.1, -0.05) is 11.6 Å². The summed E-state index contributed by atoms with van der Waals surface area (Å²) in [5.74, 6) is 0.787. The quantitative estimate of drug-likeness (QED) is 0.657. The number of anilines is 1. The first-order valence-corrected chi connectivity index (χ1v) is 8.20. The van der Waals surface area contributed by atoms with Crippen LogP contribution in [0.4, 0.5) is 5.82 Å².